The molecule has 6 nitrogen and oxygen atoms in total. The molecule has 138 valence electrons. The van der Waals surface area contributed by atoms with Crippen molar-refractivity contribution in [2.45, 2.75) is 19.8 Å². The Hall–Kier alpha value is -3.02. The van der Waals surface area contributed by atoms with Crippen molar-refractivity contribution in [1.29, 1.82) is 0 Å². The minimum absolute atomic E-state index is 0.0817. The van der Waals surface area contributed by atoms with Crippen molar-refractivity contribution < 1.29 is 23.8 Å². The van der Waals surface area contributed by atoms with Gasteiger partial charge in [0.15, 0.2) is 13.2 Å². The van der Waals surface area contributed by atoms with Gasteiger partial charge in [-0.05, 0) is 47.9 Å². The second kappa shape index (κ2) is 9.46. The van der Waals surface area contributed by atoms with E-state index >= 15 is 0 Å². The fraction of sp³-hybridized carbons (Fsp3) is 0.300. The van der Waals surface area contributed by atoms with E-state index in [4.69, 9.17) is 9.47 Å². The molecule has 1 N–H and O–H groups in total. The van der Waals surface area contributed by atoms with Gasteiger partial charge < -0.3 is 19.5 Å². The first-order valence-corrected chi connectivity index (χ1v) is 8.30. The Balaban J connectivity index is 1.79. The summed E-state index contributed by atoms with van der Waals surface area (Å²) in [5.74, 6) is 0.889. The number of methoxy groups -OCH3 is 1. The molecule has 0 radical (unpaired) electrons. The number of rotatable bonds is 8. The van der Waals surface area contributed by atoms with Crippen LogP contribution in [0.25, 0.3) is 0 Å². The Morgan fingerprint density at radius 3 is 1.96 bits per heavy atom. The van der Waals surface area contributed by atoms with Gasteiger partial charge in [0.2, 0.25) is 0 Å². The molecule has 0 saturated heterocycles. The summed E-state index contributed by atoms with van der Waals surface area (Å²) in [6, 6.07) is 14.4. The maximum Gasteiger partial charge on any atom is 0.343 e. The third kappa shape index (κ3) is 6.12. The first-order valence-electron chi connectivity index (χ1n) is 8.30. The molecule has 1 amide bonds. The largest absolute Gasteiger partial charge is 0.484 e. The van der Waals surface area contributed by atoms with Crippen LogP contribution in [-0.2, 0) is 14.3 Å². The van der Waals surface area contributed by atoms with Crippen molar-refractivity contribution in [3.05, 3.63) is 54.1 Å². The van der Waals surface area contributed by atoms with E-state index in [0.717, 1.165) is 0 Å². The van der Waals surface area contributed by atoms with Gasteiger partial charge >= 0.3 is 5.97 Å². The third-order valence-corrected chi connectivity index (χ3v) is 3.64. The van der Waals surface area contributed by atoms with Gasteiger partial charge in [0.1, 0.15) is 11.5 Å². The van der Waals surface area contributed by atoms with E-state index in [1.54, 1.807) is 24.3 Å². The summed E-state index contributed by atoms with van der Waals surface area (Å²) in [6.45, 7) is 4.00. The second-order valence-corrected chi connectivity index (χ2v) is 5.95. The van der Waals surface area contributed by atoms with Gasteiger partial charge in [0.05, 0.1) is 7.11 Å². The van der Waals surface area contributed by atoms with E-state index in [9.17, 15) is 9.59 Å². The zero-order chi connectivity index (χ0) is 18.9. The van der Waals surface area contributed by atoms with E-state index in [2.05, 4.69) is 23.9 Å². The Morgan fingerprint density at radius 1 is 0.885 bits per heavy atom. The van der Waals surface area contributed by atoms with Crippen LogP contribution in [0.1, 0.15) is 25.3 Å². The standard InChI is InChI=1S/C20H23NO5/c1-14(2)15-4-8-17(9-5-15)25-12-19(22)21-16-6-10-18(11-7-16)26-13-20(23)24-3/h4-11,14H,12-13H2,1-3H3,(H,21,22). The monoisotopic (exact) mass is 357 g/mol. The number of ether oxygens (including phenoxy) is 3. The first-order chi connectivity index (χ1) is 12.5. The minimum atomic E-state index is -0.457. The van der Waals surface area contributed by atoms with Crippen LogP contribution in [0.15, 0.2) is 48.5 Å². The van der Waals surface area contributed by atoms with Gasteiger partial charge in [-0.1, -0.05) is 26.0 Å². The molecular weight excluding hydrogens is 334 g/mol. The fourth-order valence-corrected chi connectivity index (χ4v) is 2.13. The van der Waals surface area contributed by atoms with Crippen LogP contribution in [0.3, 0.4) is 0 Å². The molecule has 0 spiro atoms. The number of nitrogens with one attached hydrogen (secondary N) is 1. The van der Waals surface area contributed by atoms with E-state index in [1.807, 2.05) is 24.3 Å². The molecule has 0 fully saturated rings. The summed E-state index contributed by atoms with van der Waals surface area (Å²) in [4.78, 5) is 23.0. The van der Waals surface area contributed by atoms with Crippen molar-refractivity contribution in [2.24, 2.45) is 0 Å². The maximum absolute atomic E-state index is 12.0. The number of carbonyl (C=O) groups excluding carboxylic acids is 2. The van der Waals surface area contributed by atoms with Gasteiger partial charge in [0.25, 0.3) is 5.91 Å². The van der Waals surface area contributed by atoms with Gasteiger partial charge in [-0.2, -0.15) is 0 Å². The zero-order valence-corrected chi connectivity index (χ0v) is 15.2. The lowest BCUT2D eigenvalue weighted by atomic mass is 10.0. The summed E-state index contributed by atoms with van der Waals surface area (Å²) in [7, 11) is 1.30. The molecule has 0 atom stereocenters. The van der Waals surface area contributed by atoms with Crippen LogP contribution in [-0.4, -0.2) is 32.2 Å². The molecule has 0 aliphatic carbocycles. The van der Waals surface area contributed by atoms with Crippen molar-refractivity contribution in [3.63, 3.8) is 0 Å². The molecule has 0 bridgehead atoms. The molecule has 2 aromatic carbocycles. The minimum Gasteiger partial charge on any atom is -0.484 e. The lowest BCUT2D eigenvalue weighted by Crippen LogP contribution is -2.20. The zero-order valence-electron chi connectivity index (χ0n) is 15.2. The molecule has 0 saturated carbocycles. The number of carbonyl (C=O) groups is 2. The molecule has 6 heteroatoms. The fourth-order valence-electron chi connectivity index (χ4n) is 2.13. The topological polar surface area (TPSA) is 73.9 Å². The highest BCUT2D eigenvalue weighted by molar-refractivity contribution is 5.91. The summed E-state index contributed by atoms with van der Waals surface area (Å²) in [6.07, 6.45) is 0. The Morgan fingerprint density at radius 2 is 1.42 bits per heavy atom. The lowest BCUT2D eigenvalue weighted by Gasteiger charge is -2.10. The van der Waals surface area contributed by atoms with E-state index < -0.39 is 5.97 Å². The molecule has 26 heavy (non-hydrogen) atoms. The average Bonchev–Trinajstić information content (AvgIpc) is 2.65. The quantitative estimate of drug-likeness (QED) is 0.733. The highest BCUT2D eigenvalue weighted by Gasteiger charge is 2.06. The number of hydrogen-bond donors (Lipinski definition) is 1. The normalized spacial score (nSPS) is 10.3. The molecule has 2 rings (SSSR count). The summed E-state index contributed by atoms with van der Waals surface area (Å²) < 4.78 is 15.2. The smallest absolute Gasteiger partial charge is 0.343 e. The van der Waals surface area contributed by atoms with Crippen molar-refractivity contribution in [3.8, 4) is 11.5 Å². The predicted molar refractivity (Wildman–Crippen MR) is 98.6 cm³/mol. The number of benzene rings is 2. The highest BCUT2D eigenvalue weighted by Crippen LogP contribution is 2.19. The van der Waals surface area contributed by atoms with E-state index in [-0.39, 0.29) is 19.1 Å². The molecule has 2 aromatic rings. The number of anilines is 1. The summed E-state index contributed by atoms with van der Waals surface area (Å²) in [5.41, 5.74) is 1.83. The van der Waals surface area contributed by atoms with E-state index in [0.29, 0.717) is 23.1 Å². The number of hydrogen-bond acceptors (Lipinski definition) is 5. The van der Waals surface area contributed by atoms with Crippen LogP contribution >= 0.6 is 0 Å². The third-order valence-electron chi connectivity index (χ3n) is 3.64. The Bertz CT molecular complexity index is 723. The van der Waals surface area contributed by atoms with Crippen molar-refractivity contribution in [1.82, 2.24) is 0 Å². The van der Waals surface area contributed by atoms with Gasteiger partial charge in [-0.3, -0.25) is 4.79 Å². The summed E-state index contributed by atoms with van der Waals surface area (Å²) in [5, 5.41) is 2.73. The van der Waals surface area contributed by atoms with Crippen molar-refractivity contribution >= 4 is 17.6 Å². The number of amides is 1. The Labute approximate surface area is 153 Å². The van der Waals surface area contributed by atoms with Gasteiger partial charge in [0, 0.05) is 5.69 Å². The first kappa shape index (κ1) is 19.3. The van der Waals surface area contributed by atoms with Crippen LogP contribution in [0.4, 0.5) is 5.69 Å². The second-order valence-electron chi connectivity index (χ2n) is 5.95. The molecule has 0 aliphatic heterocycles. The van der Waals surface area contributed by atoms with Crippen molar-refractivity contribution in [2.75, 3.05) is 25.6 Å². The number of esters is 1. The van der Waals surface area contributed by atoms with Crippen LogP contribution in [0.5, 0.6) is 11.5 Å². The predicted octanol–water partition coefficient (Wildman–Crippen LogP) is 3.38. The molecular formula is C20H23NO5. The SMILES string of the molecule is COC(=O)COc1ccc(NC(=O)COc2ccc(C(C)C)cc2)cc1. The Kier molecular flexibility index (Phi) is 7.02. The maximum atomic E-state index is 12.0. The highest BCUT2D eigenvalue weighted by atomic mass is 16.6. The molecule has 0 aromatic heterocycles. The van der Waals surface area contributed by atoms with Crippen LogP contribution in [0.2, 0.25) is 0 Å². The van der Waals surface area contributed by atoms with Crippen LogP contribution < -0.4 is 14.8 Å². The van der Waals surface area contributed by atoms with Gasteiger partial charge in [-0.15, -0.1) is 0 Å². The van der Waals surface area contributed by atoms with E-state index in [1.165, 1.54) is 12.7 Å². The molecule has 0 unspecified atom stereocenters. The van der Waals surface area contributed by atoms with Crippen LogP contribution in [0, 0.1) is 0 Å². The lowest BCUT2D eigenvalue weighted by molar-refractivity contribution is -0.142. The molecule has 0 heterocycles. The molecule has 0 aliphatic rings. The summed E-state index contributed by atoms with van der Waals surface area (Å²) >= 11 is 0. The van der Waals surface area contributed by atoms with Gasteiger partial charge in [-0.25, -0.2) is 4.79 Å². The average molecular weight is 357 g/mol.